The molecule has 36 heavy (non-hydrogen) atoms. The van der Waals surface area contributed by atoms with Gasteiger partial charge in [0.05, 0.1) is 25.4 Å². The van der Waals surface area contributed by atoms with Crippen molar-refractivity contribution in [2.45, 2.75) is 77.4 Å². The van der Waals surface area contributed by atoms with E-state index in [-0.39, 0.29) is 25.3 Å². The number of rotatable bonds is 19. The lowest BCUT2D eigenvalue weighted by atomic mass is 9.83. The minimum atomic E-state index is -1.24. The minimum Gasteiger partial charge on any atom is -0.493 e. The van der Waals surface area contributed by atoms with Gasteiger partial charge in [-0.05, 0) is 68.6 Å². The van der Waals surface area contributed by atoms with Crippen LogP contribution in [0, 0.1) is 11.8 Å². The summed E-state index contributed by atoms with van der Waals surface area (Å²) in [4.78, 5) is 23.0. The van der Waals surface area contributed by atoms with Crippen LogP contribution in [0.1, 0.15) is 64.9 Å². The summed E-state index contributed by atoms with van der Waals surface area (Å²) in [6.07, 6.45) is 2.65. The fourth-order valence-corrected chi connectivity index (χ4v) is 4.05. The Balaban J connectivity index is 2.66. The van der Waals surface area contributed by atoms with Crippen molar-refractivity contribution < 1.29 is 34.0 Å². The number of ether oxygens (including phenoxy) is 3. The molecule has 1 aromatic rings. The molecule has 0 aromatic heterocycles. The van der Waals surface area contributed by atoms with Crippen molar-refractivity contribution >= 4 is 11.9 Å². The maximum atomic E-state index is 12.4. The van der Waals surface area contributed by atoms with Crippen LogP contribution in [0.4, 0.5) is 0 Å². The predicted molar refractivity (Wildman–Crippen MR) is 139 cm³/mol. The summed E-state index contributed by atoms with van der Waals surface area (Å²) >= 11 is 0. The van der Waals surface area contributed by atoms with Crippen molar-refractivity contribution in [3.05, 3.63) is 23.8 Å². The molecule has 0 bridgehead atoms. The van der Waals surface area contributed by atoms with Crippen molar-refractivity contribution in [3.8, 4) is 11.5 Å². The normalized spacial score (nSPS) is 14.7. The summed E-state index contributed by atoms with van der Waals surface area (Å²) in [5.41, 5.74) is 6.07. The fourth-order valence-electron chi connectivity index (χ4n) is 4.05. The van der Waals surface area contributed by atoms with Crippen molar-refractivity contribution in [2.24, 2.45) is 17.6 Å². The van der Waals surface area contributed by atoms with E-state index in [2.05, 4.69) is 19.2 Å². The van der Waals surface area contributed by atoms with Crippen LogP contribution in [0.25, 0.3) is 0 Å². The summed E-state index contributed by atoms with van der Waals surface area (Å²) in [6.45, 7) is 7.34. The number of carboxylic acid groups (broad SMARTS) is 1. The van der Waals surface area contributed by atoms with Crippen LogP contribution in [0.5, 0.6) is 11.5 Å². The highest BCUT2D eigenvalue weighted by Gasteiger charge is 2.31. The van der Waals surface area contributed by atoms with Gasteiger partial charge in [0.15, 0.2) is 11.5 Å². The van der Waals surface area contributed by atoms with Crippen LogP contribution in [-0.4, -0.2) is 67.7 Å². The number of hydrogen-bond donors (Lipinski definition) is 4. The van der Waals surface area contributed by atoms with E-state index in [9.17, 15) is 14.7 Å². The molecule has 0 aliphatic carbocycles. The molecule has 0 spiro atoms. The number of amides is 1. The molecule has 0 saturated heterocycles. The molecule has 0 aliphatic rings. The molecule has 3 atom stereocenters. The van der Waals surface area contributed by atoms with Gasteiger partial charge < -0.3 is 35.5 Å². The number of benzene rings is 1. The van der Waals surface area contributed by atoms with Crippen molar-refractivity contribution in [2.75, 3.05) is 34.0 Å². The molecule has 0 heterocycles. The number of carboxylic acids is 1. The maximum absolute atomic E-state index is 12.4. The first kappa shape index (κ1) is 31.7. The Hall–Kier alpha value is -2.36. The monoisotopic (exact) mass is 510 g/mol. The first-order valence-electron chi connectivity index (χ1n) is 12.8. The minimum absolute atomic E-state index is 0.0174. The van der Waals surface area contributed by atoms with E-state index in [0.29, 0.717) is 49.4 Å². The van der Waals surface area contributed by atoms with Crippen molar-refractivity contribution in [3.63, 3.8) is 0 Å². The summed E-state index contributed by atoms with van der Waals surface area (Å²) in [5.74, 6) is 0.826. The second kappa shape index (κ2) is 16.4. The van der Waals surface area contributed by atoms with Gasteiger partial charge in [-0.25, -0.2) is 0 Å². The zero-order chi connectivity index (χ0) is 27.1. The molecule has 9 heteroatoms. The Morgan fingerprint density at radius 2 is 1.83 bits per heavy atom. The Labute approximate surface area is 215 Å². The summed E-state index contributed by atoms with van der Waals surface area (Å²) < 4.78 is 16.4. The number of carbonyl (C=O) groups is 2. The molecule has 0 unspecified atom stereocenters. The van der Waals surface area contributed by atoms with E-state index in [1.54, 1.807) is 21.1 Å². The van der Waals surface area contributed by atoms with Gasteiger partial charge in [-0.2, -0.15) is 0 Å². The van der Waals surface area contributed by atoms with E-state index in [1.165, 1.54) is 0 Å². The third-order valence-electron chi connectivity index (χ3n) is 6.32. The molecule has 0 saturated carbocycles. The maximum Gasteiger partial charge on any atom is 0.303 e. The van der Waals surface area contributed by atoms with Crippen molar-refractivity contribution in [1.29, 1.82) is 0 Å². The van der Waals surface area contributed by atoms with E-state index in [0.717, 1.165) is 24.8 Å². The van der Waals surface area contributed by atoms with Gasteiger partial charge in [0.25, 0.3) is 0 Å². The summed E-state index contributed by atoms with van der Waals surface area (Å²) in [6, 6.07) is 5.98. The number of aliphatic hydroxyl groups is 1. The molecule has 1 aromatic carbocycles. The number of methoxy groups -OCH3 is 2. The lowest BCUT2D eigenvalue weighted by Crippen LogP contribution is -2.53. The lowest BCUT2D eigenvalue weighted by Gasteiger charge is -2.28. The Bertz CT molecular complexity index is 798. The number of carbonyl (C=O) groups excluding carboxylic acids is 1. The highest BCUT2D eigenvalue weighted by atomic mass is 16.5. The SMILES string of the molecule is COCCCOc1cc(C[C@H](CC[C@H](O)C[C@@](C)(N)C(=O)NCCCC(=O)O)C(C)C)ccc1OC. The van der Waals surface area contributed by atoms with Gasteiger partial charge in [0.1, 0.15) is 0 Å². The van der Waals surface area contributed by atoms with E-state index >= 15 is 0 Å². The van der Waals surface area contributed by atoms with E-state index in [4.69, 9.17) is 25.1 Å². The number of nitrogens with two attached hydrogens (primary N) is 1. The average molecular weight is 511 g/mol. The van der Waals surface area contributed by atoms with Gasteiger partial charge in [-0.1, -0.05) is 19.9 Å². The third kappa shape index (κ3) is 12.1. The van der Waals surface area contributed by atoms with Gasteiger partial charge in [-0.3, -0.25) is 9.59 Å². The molecular weight excluding hydrogens is 464 g/mol. The van der Waals surface area contributed by atoms with Gasteiger partial charge >= 0.3 is 5.97 Å². The molecule has 5 N–H and O–H groups in total. The van der Waals surface area contributed by atoms with Gasteiger partial charge in [0.2, 0.25) is 5.91 Å². The Morgan fingerprint density at radius 3 is 2.44 bits per heavy atom. The van der Waals surface area contributed by atoms with Gasteiger partial charge in [-0.15, -0.1) is 0 Å². The quantitative estimate of drug-likeness (QED) is 0.208. The van der Waals surface area contributed by atoms with Crippen molar-refractivity contribution in [1.82, 2.24) is 5.32 Å². The average Bonchev–Trinajstić information content (AvgIpc) is 2.81. The number of nitrogens with one attached hydrogen (secondary N) is 1. The van der Waals surface area contributed by atoms with E-state index < -0.39 is 17.6 Å². The molecule has 1 rings (SSSR count). The first-order valence-corrected chi connectivity index (χ1v) is 12.8. The van der Waals surface area contributed by atoms with Crippen LogP contribution in [-0.2, 0) is 20.7 Å². The topological polar surface area (TPSA) is 140 Å². The van der Waals surface area contributed by atoms with Crippen LogP contribution < -0.4 is 20.5 Å². The highest BCUT2D eigenvalue weighted by Crippen LogP contribution is 2.31. The van der Waals surface area contributed by atoms with Crippen LogP contribution in [0.2, 0.25) is 0 Å². The standard InChI is InChI=1S/C27H46N2O7/c1-19(2)21(16-20-9-12-23(35-5)24(17-20)36-15-7-14-34-4)10-11-22(30)18-27(3,28)26(33)29-13-6-8-25(31)32/h9,12,17,19,21-22,30H,6-8,10-11,13-16,18,28H2,1-5H3,(H,29,33)(H,31,32)/t21-,22-,27+/m0/s1. The zero-order valence-corrected chi connectivity index (χ0v) is 22.5. The number of aliphatic carboxylic acids is 1. The largest absolute Gasteiger partial charge is 0.493 e. The Morgan fingerprint density at radius 1 is 1.11 bits per heavy atom. The summed E-state index contributed by atoms with van der Waals surface area (Å²) in [7, 11) is 3.29. The van der Waals surface area contributed by atoms with Crippen LogP contribution in [0.15, 0.2) is 18.2 Å². The van der Waals surface area contributed by atoms with Crippen LogP contribution in [0.3, 0.4) is 0 Å². The van der Waals surface area contributed by atoms with Crippen LogP contribution >= 0.6 is 0 Å². The molecule has 0 radical (unpaired) electrons. The molecular formula is C27H46N2O7. The first-order chi connectivity index (χ1) is 17.0. The molecule has 1 amide bonds. The fraction of sp³-hybridized carbons (Fsp3) is 0.704. The number of aliphatic hydroxyl groups excluding tert-OH is 1. The summed E-state index contributed by atoms with van der Waals surface area (Å²) in [5, 5.41) is 22.0. The third-order valence-corrected chi connectivity index (χ3v) is 6.32. The predicted octanol–water partition coefficient (Wildman–Crippen LogP) is 3.15. The molecule has 9 nitrogen and oxygen atoms in total. The second-order valence-corrected chi connectivity index (χ2v) is 9.99. The second-order valence-electron chi connectivity index (χ2n) is 9.99. The molecule has 0 fully saturated rings. The molecule has 0 aliphatic heterocycles. The zero-order valence-electron chi connectivity index (χ0n) is 22.5. The van der Waals surface area contributed by atoms with Gasteiger partial charge in [0, 0.05) is 33.1 Å². The lowest BCUT2D eigenvalue weighted by molar-refractivity contribution is -0.137. The van der Waals surface area contributed by atoms with E-state index in [1.807, 2.05) is 18.2 Å². The highest BCUT2D eigenvalue weighted by molar-refractivity contribution is 5.85. The number of hydrogen-bond acceptors (Lipinski definition) is 7. The Kier molecular flexibility index (Phi) is 14.4. The molecule has 206 valence electrons. The smallest absolute Gasteiger partial charge is 0.303 e.